The maximum Gasteiger partial charge on any atom is 0.254 e. The van der Waals surface area contributed by atoms with Gasteiger partial charge >= 0.3 is 0 Å². The predicted octanol–water partition coefficient (Wildman–Crippen LogP) is 3.47. The molecule has 2 unspecified atom stereocenters. The van der Waals surface area contributed by atoms with Crippen molar-refractivity contribution in [1.29, 1.82) is 0 Å². The Balaban J connectivity index is 1.37. The van der Waals surface area contributed by atoms with Crippen molar-refractivity contribution >= 4 is 23.2 Å². The summed E-state index contributed by atoms with van der Waals surface area (Å²) in [6.45, 7) is 4.45. The van der Waals surface area contributed by atoms with E-state index in [2.05, 4.69) is 20.9 Å². The number of nitrogens with zero attached hydrogens (tertiary/aromatic N) is 4. The molecular formula is C21H20N4OS. The molecule has 2 aliphatic heterocycles. The molecule has 3 aromatic rings. The van der Waals surface area contributed by atoms with Gasteiger partial charge in [0.15, 0.2) is 0 Å². The molecule has 4 heterocycles. The first kappa shape index (κ1) is 16.4. The topological polar surface area (TPSA) is 49.3 Å². The van der Waals surface area contributed by atoms with Crippen molar-refractivity contribution in [2.75, 3.05) is 24.5 Å². The first-order valence-corrected chi connectivity index (χ1v) is 10.1. The molecule has 5 nitrogen and oxygen atoms in total. The van der Waals surface area contributed by atoms with E-state index in [0.29, 0.717) is 12.0 Å². The quantitative estimate of drug-likeness (QED) is 0.702. The fourth-order valence-corrected chi connectivity index (χ4v) is 4.86. The Labute approximate surface area is 162 Å². The number of hydrogen-bond acceptors (Lipinski definition) is 5. The third-order valence-corrected chi connectivity index (χ3v) is 6.41. The van der Waals surface area contributed by atoms with E-state index in [9.17, 15) is 4.79 Å². The van der Waals surface area contributed by atoms with E-state index in [1.807, 2.05) is 53.6 Å². The first-order valence-electron chi connectivity index (χ1n) is 9.19. The van der Waals surface area contributed by atoms with Gasteiger partial charge in [-0.25, -0.2) is 9.97 Å². The molecule has 1 aromatic carbocycles. The van der Waals surface area contributed by atoms with Gasteiger partial charge in [-0.15, -0.1) is 11.3 Å². The Bertz CT molecular complexity index is 987. The number of amides is 1. The van der Waals surface area contributed by atoms with Gasteiger partial charge in [-0.05, 0) is 30.5 Å². The summed E-state index contributed by atoms with van der Waals surface area (Å²) in [6, 6.07) is 14.3. The van der Waals surface area contributed by atoms with Gasteiger partial charge in [-0.1, -0.05) is 24.3 Å². The first-order chi connectivity index (χ1) is 13.2. The Morgan fingerprint density at radius 1 is 1.11 bits per heavy atom. The van der Waals surface area contributed by atoms with Gasteiger partial charge in [-0.2, -0.15) is 0 Å². The third kappa shape index (κ3) is 2.80. The molecule has 2 saturated heterocycles. The molecule has 0 saturated carbocycles. The van der Waals surface area contributed by atoms with Crippen LogP contribution in [0.15, 0.2) is 54.0 Å². The molecule has 2 aromatic heterocycles. The van der Waals surface area contributed by atoms with Gasteiger partial charge < -0.3 is 9.80 Å². The second kappa shape index (κ2) is 6.46. The second-order valence-corrected chi connectivity index (χ2v) is 8.16. The Morgan fingerprint density at radius 2 is 2.00 bits per heavy atom. The lowest BCUT2D eigenvalue weighted by Gasteiger charge is -2.43. The second-order valence-electron chi connectivity index (χ2n) is 7.21. The molecule has 136 valence electrons. The number of benzene rings is 1. The van der Waals surface area contributed by atoms with Gasteiger partial charge in [0.25, 0.3) is 5.91 Å². The molecule has 1 amide bonds. The smallest absolute Gasteiger partial charge is 0.254 e. The van der Waals surface area contributed by atoms with Crippen LogP contribution in [0.25, 0.3) is 10.4 Å². The highest BCUT2D eigenvalue weighted by molar-refractivity contribution is 7.13. The summed E-state index contributed by atoms with van der Waals surface area (Å²) in [7, 11) is 0. The molecule has 27 heavy (non-hydrogen) atoms. The summed E-state index contributed by atoms with van der Waals surface area (Å²) in [5, 5.41) is 2.05. The maximum atomic E-state index is 13.3. The summed E-state index contributed by atoms with van der Waals surface area (Å²) in [6.07, 6.45) is 1.81. The number of anilines is 1. The van der Waals surface area contributed by atoms with Crippen molar-refractivity contribution in [2.45, 2.75) is 13.0 Å². The minimum Gasteiger partial charge on any atom is -0.336 e. The average molecular weight is 376 g/mol. The largest absolute Gasteiger partial charge is 0.336 e. The number of hydrogen-bond donors (Lipinski definition) is 0. The van der Waals surface area contributed by atoms with Gasteiger partial charge in [0, 0.05) is 53.4 Å². The van der Waals surface area contributed by atoms with E-state index in [1.165, 1.54) is 0 Å². The molecule has 0 spiro atoms. The predicted molar refractivity (Wildman–Crippen MR) is 107 cm³/mol. The van der Waals surface area contributed by atoms with Gasteiger partial charge in [0.2, 0.25) is 5.95 Å². The molecule has 0 bridgehead atoms. The molecule has 0 N–H and O–H groups in total. The fraction of sp³-hybridized carbons (Fsp3) is 0.286. The van der Waals surface area contributed by atoms with E-state index in [-0.39, 0.29) is 5.91 Å². The third-order valence-electron chi connectivity index (χ3n) is 5.51. The zero-order valence-corrected chi connectivity index (χ0v) is 15.9. The average Bonchev–Trinajstić information content (AvgIpc) is 3.31. The number of aryl methyl sites for hydroxylation is 1. The SMILES string of the molecule is Cc1ccnc(N2CC3CN(C(=O)c4ccccc4-c4cccs4)CC32)n1. The van der Waals surface area contributed by atoms with Crippen LogP contribution < -0.4 is 4.90 Å². The Morgan fingerprint density at radius 3 is 2.81 bits per heavy atom. The lowest BCUT2D eigenvalue weighted by atomic mass is 9.93. The van der Waals surface area contributed by atoms with Crippen molar-refractivity contribution in [3.05, 3.63) is 65.3 Å². The van der Waals surface area contributed by atoms with Crippen LogP contribution in [0, 0.1) is 12.8 Å². The van der Waals surface area contributed by atoms with Crippen LogP contribution in [0.1, 0.15) is 16.1 Å². The Kier molecular flexibility index (Phi) is 3.93. The Hall–Kier alpha value is -2.73. The van der Waals surface area contributed by atoms with Gasteiger partial charge in [0.05, 0.1) is 6.04 Å². The summed E-state index contributed by atoms with van der Waals surface area (Å²) < 4.78 is 0. The minimum absolute atomic E-state index is 0.124. The van der Waals surface area contributed by atoms with Crippen LogP contribution in [0.2, 0.25) is 0 Å². The van der Waals surface area contributed by atoms with Gasteiger partial charge in [0.1, 0.15) is 0 Å². The molecule has 2 fully saturated rings. The fourth-order valence-electron chi connectivity index (χ4n) is 4.09. The van der Waals surface area contributed by atoms with E-state index >= 15 is 0 Å². The molecule has 0 aliphatic carbocycles. The highest BCUT2D eigenvalue weighted by Gasteiger charge is 2.48. The number of aromatic nitrogens is 2. The zero-order chi connectivity index (χ0) is 18.4. The van der Waals surface area contributed by atoms with Crippen LogP contribution in [0.3, 0.4) is 0 Å². The van der Waals surface area contributed by atoms with E-state index < -0.39 is 0 Å². The minimum atomic E-state index is 0.124. The number of rotatable bonds is 3. The summed E-state index contributed by atoms with van der Waals surface area (Å²) in [4.78, 5) is 27.6. The number of thiophene rings is 1. The van der Waals surface area contributed by atoms with E-state index in [0.717, 1.165) is 47.3 Å². The molecule has 5 rings (SSSR count). The highest BCUT2D eigenvalue weighted by Crippen LogP contribution is 2.36. The van der Waals surface area contributed by atoms with Crippen molar-refractivity contribution in [2.24, 2.45) is 5.92 Å². The lowest BCUT2D eigenvalue weighted by Crippen LogP contribution is -2.56. The lowest BCUT2D eigenvalue weighted by molar-refractivity contribution is 0.0790. The van der Waals surface area contributed by atoms with Crippen LogP contribution in [-0.4, -0.2) is 46.5 Å². The van der Waals surface area contributed by atoms with Crippen molar-refractivity contribution < 1.29 is 4.79 Å². The van der Waals surface area contributed by atoms with Crippen LogP contribution in [-0.2, 0) is 0 Å². The molecular weight excluding hydrogens is 356 g/mol. The molecule has 2 aliphatic rings. The standard InChI is InChI=1S/C21H20N4OS/c1-14-8-9-22-21(23-14)25-12-15-11-24(13-18(15)25)20(26)17-6-3-2-5-16(17)19-7-4-10-27-19/h2-10,15,18H,11-13H2,1H3. The van der Waals surface area contributed by atoms with Gasteiger partial charge in [-0.3, -0.25) is 4.79 Å². The molecule has 6 heteroatoms. The van der Waals surface area contributed by atoms with Crippen molar-refractivity contribution in [3.8, 4) is 10.4 Å². The number of fused-ring (bicyclic) bond motifs is 1. The van der Waals surface area contributed by atoms with E-state index in [4.69, 9.17) is 0 Å². The summed E-state index contributed by atoms with van der Waals surface area (Å²) >= 11 is 1.67. The van der Waals surface area contributed by atoms with Crippen LogP contribution in [0.5, 0.6) is 0 Å². The van der Waals surface area contributed by atoms with Crippen LogP contribution in [0.4, 0.5) is 5.95 Å². The van der Waals surface area contributed by atoms with Crippen molar-refractivity contribution in [3.63, 3.8) is 0 Å². The summed E-state index contributed by atoms with van der Waals surface area (Å²) in [5.41, 5.74) is 2.79. The number of carbonyl (C=O) groups excluding carboxylic acids is 1. The number of carbonyl (C=O) groups is 1. The van der Waals surface area contributed by atoms with E-state index in [1.54, 1.807) is 17.5 Å². The zero-order valence-electron chi connectivity index (χ0n) is 15.1. The normalized spacial score (nSPS) is 21.1. The maximum absolute atomic E-state index is 13.3. The molecule has 0 radical (unpaired) electrons. The molecule has 2 atom stereocenters. The number of likely N-dealkylation sites (tertiary alicyclic amines) is 1. The van der Waals surface area contributed by atoms with Crippen LogP contribution >= 0.6 is 11.3 Å². The highest BCUT2D eigenvalue weighted by atomic mass is 32.1. The van der Waals surface area contributed by atoms with Crippen molar-refractivity contribution in [1.82, 2.24) is 14.9 Å². The summed E-state index contributed by atoms with van der Waals surface area (Å²) in [5.74, 6) is 1.41. The monoisotopic (exact) mass is 376 g/mol.